The fourth-order valence-electron chi connectivity index (χ4n) is 4.02. The Labute approximate surface area is 188 Å². The van der Waals surface area contributed by atoms with Crippen molar-refractivity contribution in [2.24, 2.45) is 10.7 Å². The number of nitrogens with one attached hydrogen (secondary N) is 1. The number of likely N-dealkylation sites (tertiary alicyclic amines) is 1. The van der Waals surface area contributed by atoms with Crippen molar-refractivity contribution in [2.75, 3.05) is 32.7 Å². The van der Waals surface area contributed by atoms with Crippen LogP contribution in [-0.4, -0.2) is 71.4 Å². The molecule has 172 valence electrons. The molecule has 3 amide bonds. The van der Waals surface area contributed by atoms with Gasteiger partial charge in [-0.05, 0) is 43.9 Å². The highest BCUT2D eigenvalue weighted by atomic mass is 16.4. The molecule has 4 N–H and O–H groups in total. The van der Waals surface area contributed by atoms with Crippen LogP contribution in [0.25, 0.3) is 6.08 Å². The quantitative estimate of drug-likeness (QED) is 0.534. The van der Waals surface area contributed by atoms with E-state index in [0.29, 0.717) is 42.2 Å². The highest BCUT2D eigenvalue weighted by molar-refractivity contribution is 6.06. The SMILES string of the molecule is CCCN(CCCNC(=O)O)C(=O)C1=Cc2ccc(C(=O)N3CCCC3)cc2N=C(N)C1. The molecule has 9 heteroatoms. The first-order chi connectivity index (χ1) is 15.4. The van der Waals surface area contributed by atoms with Gasteiger partial charge in [-0.15, -0.1) is 0 Å². The average Bonchev–Trinajstić information content (AvgIpc) is 3.24. The van der Waals surface area contributed by atoms with Gasteiger partial charge in [0.25, 0.3) is 5.91 Å². The number of hydrogen-bond donors (Lipinski definition) is 3. The molecule has 1 aromatic rings. The molecule has 1 saturated heterocycles. The number of carbonyl (C=O) groups excluding carboxylic acids is 2. The van der Waals surface area contributed by atoms with Crippen LogP contribution in [-0.2, 0) is 4.79 Å². The molecule has 0 spiro atoms. The van der Waals surface area contributed by atoms with Gasteiger partial charge in [0, 0.05) is 55.8 Å². The molecule has 0 atom stereocenters. The Bertz CT molecular complexity index is 934. The molecular formula is C23H31N5O4. The fraction of sp³-hybridized carbons (Fsp3) is 0.478. The lowest BCUT2D eigenvalue weighted by Gasteiger charge is -2.23. The lowest BCUT2D eigenvalue weighted by Crippen LogP contribution is -2.36. The van der Waals surface area contributed by atoms with Gasteiger partial charge in [0.15, 0.2) is 0 Å². The smallest absolute Gasteiger partial charge is 0.404 e. The highest BCUT2D eigenvalue weighted by Gasteiger charge is 2.23. The first-order valence-corrected chi connectivity index (χ1v) is 11.1. The largest absolute Gasteiger partial charge is 0.465 e. The molecule has 0 bridgehead atoms. The second-order valence-electron chi connectivity index (χ2n) is 8.10. The molecule has 9 nitrogen and oxygen atoms in total. The Kier molecular flexibility index (Phi) is 7.86. The molecule has 2 aliphatic rings. The van der Waals surface area contributed by atoms with E-state index in [4.69, 9.17) is 10.8 Å². The lowest BCUT2D eigenvalue weighted by atomic mass is 10.0. The van der Waals surface area contributed by atoms with E-state index in [-0.39, 0.29) is 24.8 Å². The van der Waals surface area contributed by atoms with Crippen LogP contribution in [0.2, 0.25) is 0 Å². The maximum atomic E-state index is 13.2. The van der Waals surface area contributed by atoms with Crippen LogP contribution in [0.5, 0.6) is 0 Å². The van der Waals surface area contributed by atoms with Crippen molar-refractivity contribution in [3.8, 4) is 0 Å². The third-order valence-electron chi connectivity index (χ3n) is 5.57. The van der Waals surface area contributed by atoms with Crippen LogP contribution in [0.1, 0.15) is 54.9 Å². The van der Waals surface area contributed by atoms with Gasteiger partial charge < -0.3 is 26.0 Å². The highest BCUT2D eigenvalue weighted by Crippen LogP contribution is 2.29. The Morgan fingerprint density at radius 1 is 1.22 bits per heavy atom. The normalized spacial score (nSPS) is 15.3. The topological polar surface area (TPSA) is 128 Å². The van der Waals surface area contributed by atoms with Crippen molar-refractivity contribution in [1.29, 1.82) is 0 Å². The van der Waals surface area contributed by atoms with Crippen molar-refractivity contribution >= 4 is 35.5 Å². The van der Waals surface area contributed by atoms with Crippen LogP contribution in [0.4, 0.5) is 10.5 Å². The summed E-state index contributed by atoms with van der Waals surface area (Å²) in [6.45, 7) is 4.82. The molecule has 2 aliphatic heterocycles. The Balaban J connectivity index is 1.79. The van der Waals surface area contributed by atoms with Crippen molar-refractivity contribution in [3.05, 3.63) is 34.9 Å². The molecule has 0 radical (unpaired) electrons. The van der Waals surface area contributed by atoms with Crippen molar-refractivity contribution in [3.63, 3.8) is 0 Å². The van der Waals surface area contributed by atoms with Gasteiger partial charge in [-0.25, -0.2) is 9.79 Å². The predicted molar refractivity (Wildman–Crippen MR) is 123 cm³/mol. The summed E-state index contributed by atoms with van der Waals surface area (Å²) in [7, 11) is 0. The lowest BCUT2D eigenvalue weighted by molar-refractivity contribution is -0.127. The zero-order valence-corrected chi connectivity index (χ0v) is 18.5. The van der Waals surface area contributed by atoms with Gasteiger partial charge >= 0.3 is 6.09 Å². The zero-order valence-electron chi connectivity index (χ0n) is 18.5. The molecule has 0 saturated carbocycles. The Morgan fingerprint density at radius 3 is 2.66 bits per heavy atom. The fourth-order valence-corrected chi connectivity index (χ4v) is 4.02. The number of hydrogen-bond acceptors (Lipinski definition) is 5. The number of benzene rings is 1. The molecule has 0 aromatic heterocycles. The number of carbonyl (C=O) groups is 3. The van der Waals surface area contributed by atoms with Crippen LogP contribution < -0.4 is 11.1 Å². The Morgan fingerprint density at radius 2 is 1.97 bits per heavy atom. The summed E-state index contributed by atoms with van der Waals surface area (Å²) in [5.74, 6) is 0.177. The van der Waals surface area contributed by atoms with Crippen molar-refractivity contribution in [2.45, 2.75) is 39.0 Å². The number of rotatable bonds is 8. The molecule has 1 fully saturated rings. The summed E-state index contributed by atoms with van der Waals surface area (Å²) >= 11 is 0. The zero-order chi connectivity index (χ0) is 23.1. The molecule has 1 aromatic carbocycles. The van der Waals surface area contributed by atoms with E-state index in [9.17, 15) is 14.4 Å². The molecule has 2 heterocycles. The summed E-state index contributed by atoms with van der Waals surface area (Å²) in [5.41, 5.74) is 8.56. The number of fused-ring (bicyclic) bond motifs is 1. The molecule has 0 aliphatic carbocycles. The van der Waals surface area contributed by atoms with Crippen LogP contribution >= 0.6 is 0 Å². The van der Waals surface area contributed by atoms with E-state index in [1.165, 1.54) is 0 Å². The number of nitrogens with two attached hydrogens (primary N) is 1. The van der Waals surface area contributed by atoms with Gasteiger partial charge in [-0.2, -0.15) is 0 Å². The third-order valence-corrected chi connectivity index (χ3v) is 5.57. The molecule has 3 rings (SSSR count). The van der Waals surface area contributed by atoms with Crippen LogP contribution in [0.3, 0.4) is 0 Å². The van der Waals surface area contributed by atoms with E-state index in [0.717, 1.165) is 37.9 Å². The summed E-state index contributed by atoms with van der Waals surface area (Å²) in [5, 5.41) is 11.0. The summed E-state index contributed by atoms with van der Waals surface area (Å²) in [6, 6.07) is 5.33. The standard InChI is InChI=1S/C23H31N5O4/c1-2-9-27(12-5-8-25-23(31)32)22(30)18-13-16-6-7-17(14-19(16)26-20(24)15-18)21(29)28-10-3-4-11-28/h6-7,13-14,25H,2-5,8-12,15H2,1H3,(H2,24,26)(H,31,32). The van der Waals surface area contributed by atoms with E-state index >= 15 is 0 Å². The van der Waals surface area contributed by atoms with Gasteiger partial charge in [0.1, 0.15) is 5.84 Å². The maximum Gasteiger partial charge on any atom is 0.404 e. The number of aliphatic imine (C=N–C) groups is 1. The van der Waals surface area contributed by atoms with Crippen LogP contribution in [0, 0.1) is 0 Å². The summed E-state index contributed by atoms with van der Waals surface area (Å²) in [6.07, 6.45) is 4.29. The monoisotopic (exact) mass is 441 g/mol. The number of nitrogens with zero attached hydrogens (tertiary/aromatic N) is 3. The minimum atomic E-state index is -1.08. The second kappa shape index (κ2) is 10.8. The van der Waals surface area contributed by atoms with E-state index in [1.807, 2.05) is 17.9 Å². The third kappa shape index (κ3) is 5.87. The second-order valence-corrected chi connectivity index (χ2v) is 8.10. The summed E-state index contributed by atoms with van der Waals surface area (Å²) in [4.78, 5) is 44.6. The Hall–Kier alpha value is -3.36. The minimum Gasteiger partial charge on any atom is -0.465 e. The van der Waals surface area contributed by atoms with E-state index < -0.39 is 6.09 Å². The molecule has 32 heavy (non-hydrogen) atoms. The predicted octanol–water partition coefficient (Wildman–Crippen LogP) is 2.59. The first-order valence-electron chi connectivity index (χ1n) is 11.1. The van der Waals surface area contributed by atoms with Crippen molar-refractivity contribution < 1.29 is 19.5 Å². The maximum absolute atomic E-state index is 13.2. The first kappa shape index (κ1) is 23.3. The number of amides is 3. The number of amidine groups is 1. The van der Waals surface area contributed by atoms with Gasteiger partial charge in [0.2, 0.25) is 5.91 Å². The minimum absolute atomic E-state index is 0.00677. The van der Waals surface area contributed by atoms with E-state index in [1.54, 1.807) is 23.1 Å². The van der Waals surface area contributed by atoms with Gasteiger partial charge in [0.05, 0.1) is 5.69 Å². The summed E-state index contributed by atoms with van der Waals surface area (Å²) < 4.78 is 0. The van der Waals surface area contributed by atoms with E-state index in [2.05, 4.69) is 10.3 Å². The molecule has 0 unspecified atom stereocenters. The van der Waals surface area contributed by atoms with Crippen molar-refractivity contribution in [1.82, 2.24) is 15.1 Å². The van der Waals surface area contributed by atoms with Crippen LogP contribution in [0.15, 0.2) is 28.8 Å². The van der Waals surface area contributed by atoms with Gasteiger partial charge in [-0.1, -0.05) is 13.0 Å². The average molecular weight is 442 g/mol. The van der Waals surface area contributed by atoms with Gasteiger partial charge in [-0.3, -0.25) is 9.59 Å². The number of carboxylic acid groups (broad SMARTS) is 1. The molecular weight excluding hydrogens is 410 g/mol.